The van der Waals surface area contributed by atoms with Gasteiger partial charge in [0.1, 0.15) is 28.8 Å². The molecule has 45 heavy (non-hydrogen) atoms. The fourth-order valence-corrected chi connectivity index (χ4v) is 6.11. The average molecular weight is 633 g/mol. The summed E-state index contributed by atoms with van der Waals surface area (Å²) in [5.74, 6) is -9.10. The lowest BCUT2D eigenvalue weighted by Crippen LogP contribution is -2.25. The summed E-state index contributed by atoms with van der Waals surface area (Å²) in [4.78, 5) is 0. The van der Waals surface area contributed by atoms with Crippen LogP contribution in [0.5, 0.6) is 5.75 Å². The third-order valence-corrected chi connectivity index (χ3v) is 8.55. The van der Waals surface area contributed by atoms with E-state index in [0.29, 0.717) is 36.8 Å². The predicted octanol–water partition coefficient (Wildman–Crippen LogP) is 11.5. The molecule has 1 aliphatic carbocycles. The van der Waals surface area contributed by atoms with Gasteiger partial charge in [0.25, 0.3) is 0 Å². The van der Waals surface area contributed by atoms with Crippen LogP contribution in [0.15, 0.2) is 66.7 Å². The molecule has 0 bridgehead atoms. The number of alkyl halides is 2. The fourth-order valence-electron chi connectivity index (χ4n) is 6.11. The second-order valence-corrected chi connectivity index (χ2v) is 11.6. The Balaban J connectivity index is 1.26. The van der Waals surface area contributed by atoms with Crippen molar-refractivity contribution < 1.29 is 39.9 Å². The lowest BCUT2D eigenvalue weighted by atomic mass is 9.76. The molecule has 5 rings (SSSR count). The van der Waals surface area contributed by atoms with E-state index in [0.717, 1.165) is 67.6 Å². The fraction of sp³-hybridized carbons (Fsp3) is 0.333. The minimum absolute atomic E-state index is 0.0875. The van der Waals surface area contributed by atoms with Crippen molar-refractivity contribution in [1.82, 2.24) is 0 Å². The molecule has 0 N–H and O–H groups in total. The summed E-state index contributed by atoms with van der Waals surface area (Å²) < 4.78 is 120. The van der Waals surface area contributed by atoms with Gasteiger partial charge >= 0.3 is 6.11 Å². The topological polar surface area (TPSA) is 9.23 Å². The summed E-state index contributed by atoms with van der Waals surface area (Å²) >= 11 is 0. The molecule has 0 unspecified atom stereocenters. The lowest BCUT2D eigenvalue weighted by Gasteiger charge is -2.29. The summed E-state index contributed by atoms with van der Waals surface area (Å²) in [5.41, 5.74) is 0.585. The molecular formula is C36H32F8O. The molecule has 9 heteroatoms. The molecule has 4 aromatic rings. The molecule has 0 spiro atoms. The van der Waals surface area contributed by atoms with Gasteiger partial charge < -0.3 is 4.74 Å². The van der Waals surface area contributed by atoms with Gasteiger partial charge in [-0.1, -0.05) is 50.1 Å². The van der Waals surface area contributed by atoms with Crippen molar-refractivity contribution >= 4 is 0 Å². The van der Waals surface area contributed by atoms with Crippen molar-refractivity contribution in [3.63, 3.8) is 0 Å². The van der Waals surface area contributed by atoms with Crippen molar-refractivity contribution in [3.05, 3.63) is 124 Å². The average Bonchev–Trinajstić information content (AvgIpc) is 2.99. The predicted molar refractivity (Wildman–Crippen MR) is 156 cm³/mol. The molecule has 1 saturated carbocycles. The van der Waals surface area contributed by atoms with Gasteiger partial charge in [-0.15, -0.1) is 0 Å². The van der Waals surface area contributed by atoms with Gasteiger partial charge in [-0.2, -0.15) is 8.78 Å². The van der Waals surface area contributed by atoms with E-state index in [9.17, 15) is 22.0 Å². The Kier molecular flexibility index (Phi) is 9.85. The maximum atomic E-state index is 15.1. The van der Waals surface area contributed by atoms with Gasteiger partial charge in [0.15, 0.2) is 17.5 Å². The van der Waals surface area contributed by atoms with Crippen LogP contribution in [0.1, 0.15) is 86.0 Å². The van der Waals surface area contributed by atoms with Crippen LogP contribution in [-0.2, 0) is 12.5 Å². The van der Waals surface area contributed by atoms with E-state index >= 15 is 13.2 Å². The standard InChI is InChI=1S/C36H32F8O/c1-2-3-4-5-21-6-8-22(9-7-21)25-16-30(38)34(31(39)17-25)36(43,44)45-27-14-15-28(29(37)20-27)24-12-10-23(11-13-24)26-18-32(40)35(42)33(41)19-26/h6-9,14-20,23-24H,2-5,10-13H2,1H3. The van der Waals surface area contributed by atoms with E-state index < -0.39 is 52.3 Å². The number of ether oxygens (including phenoxy) is 1. The van der Waals surface area contributed by atoms with Crippen LogP contribution in [0.3, 0.4) is 0 Å². The van der Waals surface area contributed by atoms with Crippen LogP contribution in [0.4, 0.5) is 35.1 Å². The highest BCUT2D eigenvalue weighted by molar-refractivity contribution is 5.64. The third-order valence-electron chi connectivity index (χ3n) is 8.55. The largest absolute Gasteiger partial charge is 0.432 e. The monoisotopic (exact) mass is 632 g/mol. The molecule has 1 aliphatic rings. The van der Waals surface area contributed by atoms with Gasteiger partial charge in [-0.05, 0) is 109 Å². The molecule has 0 heterocycles. The van der Waals surface area contributed by atoms with Crippen LogP contribution in [0, 0.1) is 34.9 Å². The summed E-state index contributed by atoms with van der Waals surface area (Å²) in [6.07, 6.45) is 1.36. The van der Waals surface area contributed by atoms with Crippen LogP contribution < -0.4 is 4.74 Å². The van der Waals surface area contributed by atoms with Crippen LogP contribution in [0.25, 0.3) is 11.1 Å². The van der Waals surface area contributed by atoms with Crippen LogP contribution in [0.2, 0.25) is 0 Å². The van der Waals surface area contributed by atoms with E-state index in [4.69, 9.17) is 0 Å². The SMILES string of the molecule is CCCCCc1ccc(-c2cc(F)c(C(F)(F)Oc3ccc(C4CCC(c5cc(F)c(F)c(F)c5)CC4)c(F)c3)c(F)c2)cc1. The van der Waals surface area contributed by atoms with E-state index in [-0.39, 0.29) is 23.0 Å². The number of hydrogen-bond donors (Lipinski definition) is 0. The van der Waals surface area contributed by atoms with Crippen molar-refractivity contribution in [1.29, 1.82) is 0 Å². The second-order valence-electron chi connectivity index (χ2n) is 11.6. The Morgan fingerprint density at radius 2 is 1.24 bits per heavy atom. The molecule has 0 saturated heterocycles. The Morgan fingerprint density at radius 3 is 1.82 bits per heavy atom. The second kappa shape index (κ2) is 13.6. The Hall–Kier alpha value is -3.88. The van der Waals surface area contributed by atoms with Crippen molar-refractivity contribution in [2.24, 2.45) is 0 Å². The van der Waals surface area contributed by atoms with E-state index in [1.54, 1.807) is 12.1 Å². The van der Waals surface area contributed by atoms with Gasteiger partial charge in [0.05, 0.1) is 0 Å². The molecule has 0 amide bonds. The van der Waals surface area contributed by atoms with Crippen molar-refractivity contribution in [2.45, 2.75) is 76.2 Å². The number of hydrogen-bond acceptors (Lipinski definition) is 1. The van der Waals surface area contributed by atoms with Crippen molar-refractivity contribution in [3.8, 4) is 16.9 Å². The summed E-state index contributed by atoms with van der Waals surface area (Å²) in [6.45, 7) is 2.10. The summed E-state index contributed by atoms with van der Waals surface area (Å²) in [6, 6.07) is 13.7. The molecule has 1 fully saturated rings. The number of unbranched alkanes of at least 4 members (excludes halogenated alkanes) is 2. The molecule has 1 nitrogen and oxygen atoms in total. The number of halogens is 8. The first-order valence-electron chi connectivity index (χ1n) is 15.1. The van der Waals surface area contributed by atoms with Gasteiger partial charge in [0.2, 0.25) is 0 Å². The molecular weight excluding hydrogens is 600 g/mol. The van der Waals surface area contributed by atoms with E-state index in [1.165, 1.54) is 6.07 Å². The maximum absolute atomic E-state index is 15.1. The molecule has 0 radical (unpaired) electrons. The van der Waals surface area contributed by atoms with Gasteiger partial charge in [-0.25, -0.2) is 26.3 Å². The molecule has 0 atom stereocenters. The van der Waals surface area contributed by atoms with Gasteiger partial charge in [0, 0.05) is 6.07 Å². The number of rotatable bonds is 10. The maximum Gasteiger partial charge on any atom is 0.432 e. The Labute approximate surface area is 256 Å². The highest BCUT2D eigenvalue weighted by Crippen LogP contribution is 2.43. The zero-order valence-corrected chi connectivity index (χ0v) is 24.6. The quantitative estimate of drug-likeness (QED) is 0.0960. The zero-order valence-electron chi connectivity index (χ0n) is 24.6. The first-order chi connectivity index (χ1) is 21.5. The van der Waals surface area contributed by atoms with Crippen molar-refractivity contribution in [2.75, 3.05) is 0 Å². The minimum Gasteiger partial charge on any atom is -0.429 e. The third kappa shape index (κ3) is 7.34. The minimum atomic E-state index is -4.44. The van der Waals surface area contributed by atoms with Gasteiger partial charge in [-0.3, -0.25) is 0 Å². The normalized spacial score (nSPS) is 17.0. The smallest absolute Gasteiger partial charge is 0.429 e. The lowest BCUT2D eigenvalue weighted by molar-refractivity contribution is -0.189. The van der Waals surface area contributed by atoms with Crippen LogP contribution in [-0.4, -0.2) is 0 Å². The molecule has 0 aliphatic heterocycles. The van der Waals surface area contributed by atoms with E-state index in [2.05, 4.69) is 11.7 Å². The first kappa shape index (κ1) is 32.5. The van der Waals surface area contributed by atoms with E-state index in [1.807, 2.05) is 12.1 Å². The van der Waals surface area contributed by atoms with Crippen LogP contribution >= 0.6 is 0 Å². The highest BCUT2D eigenvalue weighted by Gasteiger charge is 2.41. The Bertz CT molecular complexity index is 1600. The molecule has 238 valence electrons. The Morgan fingerprint density at radius 1 is 0.644 bits per heavy atom. The number of aryl methyl sites for hydroxylation is 1. The molecule has 4 aromatic carbocycles. The summed E-state index contributed by atoms with van der Waals surface area (Å²) in [5, 5.41) is 0. The molecule has 0 aromatic heterocycles. The first-order valence-corrected chi connectivity index (χ1v) is 15.1. The number of benzene rings is 4. The highest BCUT2D eigenvalue weighted by atomic mass is 19.3. The zero-order chi connectivity index (χ0) is 32.3. The summed E-state index contributed by atoms with van der Waals surface area (Å²) in [7, 11) is 0.